The summed E-state index contributed by atoms with van der Waals surface area (Å²) in [5, 5.41) is 3.48. The minimum absolute atomic E-state index is 0.919. The molecule has 1 aliphatic heterocycles. The van der Waals surface area contributed by atoms with Crippen LogP contribution < -0.4 is 5.32 Å². The highest BCUT2D eigenvalue weighted by Crippen LogP contribution is 2.31. The maximum absolute atomic E-state index is 3.48. The summed E-state index contributed by atoms with van der Waals surface area (Å²) in [5.41, 5.74) is 0. The fraction of sp³-hybridized carbons (Fsp3) is 1.00. The topological polar surface area (TPSA) is 15.3 Å². The SMILES string of the molecule is CCNCC1CCCN(CC2CC2)C1. The van der Waals surface area contributed by atoms with Crippen LogP contribution in [0.5, 0.6) is 0 Å². The first-order chi connectivity index (χ1) is 6.88. The average molecular weight is 196 g/mol. The van der Waals surface area contributed by atoms with E-state index in [1.54, 1.807) is 0 Å². The van der Waals surface area contributed by atoms with Crippen LogP contribution in [-0.4, -0.2) is 37.6 Å². The van der Waals surface area contributed by atoms with Gasteiger partial charge in [0.15, 0.2) is 0 Å². The Morgan fingerprint density at radius 1 is 1.21 bits per heavy atom. The Bertz CT molecular complexity index is 166. The minimum atomic E-state index is 0.919. The predicted octanol–water partition coefficient (Wildman–Crippen LogP) is 1.72. The Morgan fingerprint density at radius 3 is 2.79 bits per heavy atom. The van der Waals surface area contributed by atoms with Crippen LogP contribution in [0.3, 0.4) is 0 Å². The maximum atomic E-state index is 3.48. The summed E-state index contributed by atoms with van der Waals surface area (Å²) < 4.78 is 0. The van der Waals surface area contributed by atoms with E-state index in [0.717, 1.165) is 18.4 Å². The van der Waals surface area contributed by atoms with Crippen molar-refractivity contribution in [3.63, 3.8) is 0 Å². The largest absolute Gasteiger partial charge is 0.317 e. The molecule has 0 amide bonds. The van der Waals surface area contributed by atoms with Crippen molar-refractivity contribution in [1.29, 1.82) is 0 Å². The van der Waals surface area contributed by atoms with E-state index in [9.17, 15) is 0 Å². The molecule has 1 N–H and O–H groups in total. The first kappa shape index (κ1) is 10.4. The van der Waals surface area contributed by atoms with Crippen molar-refractivity contribution in [3.8, 4) is 0 Å². The molecule has 0 aromatic rings. The van der Waals surface area contributed by atoms with E-state index in [4.69, 9.17) is 0 Å². The molecule has 82 valence electrons. The van der Waals surface area contributed by atoms with Crippen molar-refractivity contribution in [3.05, 3.63) is 0 Å². The van der Waals surface area contributed by atoms with E-state index < -0.39 is 0 Å². The molecule has 0 spiro atoms. The van der Waals surface area contributed by atoms with E-state index >= 15 is 0 Å². The summed E-state index contributed by atoms with van der Waals surface area (Å²) in [4.78, 5) is 2.70. The number of hydrogen-bond donors (Lipinski definition) is 1. The minimum Gasteiger partial charge on any atom is -0.317 e. The third kappa shape index (κ3) is 3.25. The van der Waals surface area contributed by atoms with Gasteiger partial charge in [0.25, 0.3) is 0 Å². The Morgan fingerprint density at radius 2 is 2.07 bits per heavy atom. The number of likely N-dealkylation sites (tertiary alicyclic amines) is 1. The fourth-order valence-corrected chi connectivity index (χ4v) is 2.50. The van der Waals surface area contributed by atoms with Crippen molar-refractivity contribution >= 4 is 0 Å². The Kier molecular flexibility index (Phi) is 3.82. The van der Waals surface area contributed by atoms with Gasteiger partial charge in [0.2, 0.25) is 0 Å². The average Bonchev–Trinajstić information content (AvgIpc) is 2.99. The van der Waals surface area contributed by atoms with Crippen LogP contribution in [0, 0.1) is 11.8 Å². The number of nitrogens with one attached hydrogen (secondary N) is 1. The molecule has 2 rings (SSSR count). The van der Waals surface area contributed by atoms with Gasteiger partial charge in [0.05, 0.1) is 0 Å². The van der Waals surface area contributed by atoms with Crippen LogP contribution >= 0.6 is 0 Å². The summed E-state index contributed by atoms with van der Waals surface area (Å²) in [6.45, 7) is 8.66. The molecule has 1 aliphatic carbocycles. The van der Waals surface area contributed by atoms with Gasteiger partial charge in [0, 0.05) is 13.1 Å². The Balaban J connectivity index is 1.66. The van der Waals surface area contributed by atoms with E-state index in [-0.39, 0.29) is 0 Å². The van der Waals surface area contributed by atoms with Crippen LogP contribution in [0.4, 0.5) is 0 Å². The second-order valence-electron chi connectivity index (χ2n) is 5.02. The Labute approximate surface area is 88.1 Å². The van der Waals surface area contributed by atoms with Crippen LogP contribution in [-0.2, 0) is 0 Å². The molecule has 2 nitrogen and oxygen atoms in total. The quantitative estimate of drug-likeness (QED) is 0.720. The molecule has 1 heterocycles. The molecule has 0 bridgehead atoms. The number of rotatable bonds is 5. The lowest BCUT2D eigenvalue weighted by Gasteiger charge is -2.32. The lowest BCUT2D eigenvalue weighted by atomic mass is 9.98. The van der Waals surface area contributed by atoms with Gasteiger partial charge in [-0.05, 0) is 57.2 Å². The van der Waals surface area contributed by atoms with Gasteiger partial charge in [-0.3, -0.25) is 0 Å². The summed E-state index contributed by atoms with van der Waals surface area (Å²) in [7, 11) is 0. The first-order valence-electron chi connectivity index (χ1n) is 6.31. The molecule has 14 heavy (non-hydrogen) atoms. The highest BCUT2D eigenvalue weighted by atomic mass is 15.1. The normalized spacial score (nSPS) is 29.4. The second-order valence-corrected chi connectivity index (χ2v) is 5.02. The molecule has 1 unspecified atom stereocenters. The molecule has 0 aromatic heterocycles. The Hall–Kier alpha value is -0.0800. The zero-order valence-corrected chi connectivity index (χ0v) is 9.47. The molecule has 1 saturated carbocycles. The number of hydrogen-bond acceptors (Lipinski definition) is 2. The standard InChI is InChI=1S/C12H24N2/c1-2-13-8-12-4-3-7-14(10-12)9-11-5-6-11/h11-13H,2-10H2,1H3. The summed E-state index contributed by atoms with van der Waals surface area (Å²) in [6, 6.07) is 0. The van der Waals surface area contributed by atoms with E-state index in [1.807, 2.05) is 0 Å². The van der Waals surface area contributed by atoms with Crippen LogP contribution in [0.2, 0.25) is 0 Å². The van der Waals surface area contributed by atoms with Crippen LogP contribution in [0.25, 0.3) is 0 Å². The number of piperidine rings is 1. The van der Waals surface area contributed by atoms with Crippen molar-refractivity contribution < 1.29 is 0 Å². The molecule has 2 aliphatic rings. The first-order valence-corrected chi connectivity index (χ1v) is 6.31. The van der Waals surface area contributed by atoms with Gasteiger partial charge >= 0.3 is 0 Å². The third-order valence-electron chi connectivity index (χ3n) is 3.50. The molecular formula is C12H24N2. The van der Waals surface area contributed by atoms with Crippen LogP contribution in [0.1, 0.15) is 32.6 Å². The van der Waals surface area contributed by atoms with Gasteiger partial charge in [-0.25, -0.2) is 0 Å². The van der Waals surface area contributed by atoms with Gasteiger partial charge in [-0.1, -0.05) is 6.92 Å². The number of nitrogens with zero attached hydrogens (tertiary/aromatic N) is 1. The summed E-state index contributed by atoms with van der Waals surface area (Å²) >= 11 is 0. The molecule has 1 saturated heterocycles. The van der Waals surface area contributed by atoms with Crippen molar-refractivity contribution in [1.82, 2.24) is 10.2 Å². The zero-order valence-electron chi connectivity index (χ0n) is 9.47. The van der Waals surface area contributed by atoms with Gasteiger partial charge in [-0.2, -0.15) is 0 Å². The fourth-order valence-electron chi connectivity index (χ4n) is 2.50. The predicted molar refractivity (Wildman–Crippen MR) is 60.4 cm³/mol. The van der Waals surface area contributed by atoms with E-state index in [2.05, 4.69) is 17.1 Å². The molecule has 0 radical (unpaired) electrons. The van der Waals surface area contributed by atoms with Crippen LogP contribution in [0.15, 0.2) is 0 Å². The summed E-state index contributed by atoms with van der Waals surface area (Å²) in [5.74, 6) is 1.98. The highest BCUT2D eigenvalue weighted by molar-refractivity contribution is 4.81. The van der Waals surface area contributed by atoms with Gasteiger partial charge in [0.1, 0.15) is 0 Å². The lowest BCUT2D eigenvalue weighted by molar-refractivity contribution is 0.167. The zero-order chi connectivity index (χ0) is 9.80. The molecule has 0 aromatic carbocycles. The van der Waals surface area contributed by atoms with Gasteiger partial charge in [-0.15, -0.1) is 0 Å². The molecule has 2 fully saturated rings. The smallest absolute Gasteiger partial charge is 0.00219 e. The van der Waals surface area contributed by atoms with Crippen molar-refractivity contribution in [2.45, 2.75) is 32.6 Å². The molecule has 1 atom stereocenters. The molecule has 2 heteroatoms. The van der Waals surface area contributed by atoms with Crippen molar-refractivity contribution in [2.24, 2.45) is 11.8 Å². The van der Waals surface area contributed by atoms with Gasteiger partial charge < -0.3 is 10.2 Å². The molecular weight excluding hydrogens is 172 g/mol. The lowest BCUT2D eigenvalue weighted by Crippen LogP contribution is -2.40. The van der Waals surface area contributed by atoms with Crippen molar-refractivity contribution in [2.75, 3.05) is 32.7 Å². The van der Waals surface area contributed by atoms with E-state index in [0.29, 0.717) is 0 Å². The maximum Gasteiger partial charge on any atom is 0.00219 e. The monoisotopic (exact) mass is 196 g/mol. The highest BCUT2D eigenvalue weighted by Gasteiger charge is 2.27. The van der Waals surface area contributed by atoms with E-state index in [1.165, 1.54) is 51.9 Å². The second kappa shape index (κ2) is 5.13. The summed E-state index contributed by atoms with van der Waals surface area (Å²) in [6.07, 6.45) is 5.85. The third-order valence-corrected chi connectivity index (χ3v) is 3.50.